The summed E-state index contributed by atoms with van der Waals surface area (Å²) in [5, 5.41) is 4.42. The molecule has 6 nitrogen and oxygen atoms in total. The largest absolute Gasteiger partial charge is 0.496 e. The van der Waals surface area contributed by atoms with E-state index in [0.717, 1.165) is 74.1 Å². The molecule has 0 bridgehead atoms. The Kier molecular flexibility index (Phi) is 14.1. The van der Waals surface area contributed by atoms with E-state index in [1.54, 1.807) is 14.2 Å². The van der Waals surface area contributed by atoms with Crippen molar-refractivity contribution in [2.24, 2.45) is 0 Å². The summed E-state index contributed by atoms with van der Waals surface area (Å²) in [6, 6.07) is 27.2. The molecule has 0 radical (unpaired) electrons. The van der Waals surface area contributed by atoms with Crippen LogP contribution in [0.15, 0.2) is 96.7 Å². The highest BCUT2D eigenvalue weighted by atomic mass is 35.5. The normalized spacial score (nSPS) is 18.3. The molecule has 7 heteroatoms. The van der Waals surface area contributed by atoms with Crippen molar-refractivity contribution in [3.8, 4) is 28.4 Å². The van der Waals surface area contributed by atoms with Crippen LogP contribution in [0.5, 0.6) is 17.2 Å². The summed E-state index contributed by atoms with van der Waals surface area (Å²) >= 11 is 6.40. The zero-order chi connectivity index (χ0) is 40.6. The average Bonchev–Trinajstić information content (AvgIpc) is 4.10. The number of rotatable bonds is 15. The minimum absolute atomic E-state index is 0.145. The number of hydrogen-bond acceptors (Lipinski definition) is 6. The molecule has 4 aliphatic rings. The fourth-order valence-corrected chi connectivity index (χ4v) is 9.27. The van der Waals surface area contributed by atoms with Crippen molar-refractivity contribution < 1.29 is 14.2 Å². The lowest BCUT2D eigenvalue weighted by atomic mass is 9.76. The zero-order valence-corrected chi connectivity index (χ0v) is 36.4. The lowest BCUT2D eigenvalue weighted by Gasteiger charge is -2.40. The van der Waals surface area contributed by atoms with Crippen LogP contribution in [0.25, 0.3) is 11.1 Å². The van der Waals surface area contributed by atoms with Crippen LogP contribution in [0, 0.1) is 0 Å². The average molecular weight is 803 g/mol. The maximum absolute atomic E-state index is 6.40. The predicted molar refractivity (Wildman–Crippen MR) is 242 cm³/mol. The molecule has 1 N–H and O–H groups in total. The minimum Gasteiger partial charge on any atom is -0.496 e. The van der Waals surface area contributed by atoms with Crippen LogP contribution in [-0.4, -0.2) is 51.9 Å². The summed E-state index contributed by atoms with van der Waals surface area (Å²) in [4.78, 5) is 5.24. The van der Waals surface area contributed by atoms with Gasteiger partial charge in [-0.05, 0) is 157 Å². The maximum Gasteiger partial charge on any atom is 0.164 e. The van der Waals surface area contributed by atoms with Crippen LogP contribution in [0.3, 0.4) is 0 Å². The van der Waals surface area contributed by atoms with E-state index in [0.29, 0.717) is 17.9 Å². The summed E-state index contributed by atoms with van der Waals surface area (Å²) in [6.07, 6.45) is 17.6. The number of ether oxygens (including phenoxy) is 3. The van der Waals surface area contributed by atoms with Crippen molar-refractivity contribution in [2.45, 2.75) is 109 Å². The molecule has 1 atom stereocenters. The van der Waals surface area contributed by atoms with E-state index >= 15 is 0 Å². The summed E-state index contributed by atoms with van der Waals surface area (Å²) in [6.45, 7) is 10.2. The van der Waals surface area contributed by atoms with Crippen molar-refractivity contribution in [3.05, 3.63) is 130 Å². The van der Waals surface area contributed by atoms with Crippen LogP contribution < -0.4 is 24.4 Å². The Morgan fingerprint density at radius 3 is 2.17 bits per heavy atom. The highest BCUT2D eigenvalue weighted by molar-refractivity contribution is 6.30. The lowest BCUT2D eigenvalue weighted by Crippen LogP contribution is -2.45. The molecule has 0 amide bonds. The van der Waals surface area contributed by atoms with Gasteiger partial charge in [-0.25, -0.2) is 0 Å². The Labute approximate surface area is 353 Å². The van der Waals surface area contributed by atoms with Crippen molar-refractivity contribution >= 4 is 17.3 Å². The molecule has 2 aliphatic heterocycles. The van der Waals surface area contributed by atoms with Crippen molar-refractivity contribution in [3.63, 3.8) is 0 Å². The number of nitrogens with zero attached hydrogens (tertiary/aromatic N) is 2. The first-order valence-electron chi connectivity index (χ1n) is 21.9. The molecule has 0 spiro atoms. The third-order valence-corrected chi connectivity index (χ3v) is 12.8. The molecule has 2 heterocycles. The number of benzene rings is 4. The molecule has 8 rings (SSSR count). The van der Waals surface area contributed by atoms with Gasteiger partial charge in [0, 0.05) is 48.5 Å². The smallest absolute Gasteiger partial charge is 0.164 e. The van der Waals surface area contributed by atoms with Gasteiger partial charge in [0.2, 0.25) is 0 Å². The van der Waals surface area contributed by atoms with Gasteiger partial charge in [-0.15, -0.1) is 0 Å². The van der Waals surface area contributed by atoms with Gasteiger partial charge in [-0.3, -0.25) is 4.90 Å². The highest BCUT2D eigenvalue weighted by Gasteiger charge is 2.30. The SMILES string of the molecule is CC.CCCc1c(OC)cc(C2C=C(CN3CCC(N(Cc4cccc(-c5cc(OC)c(OC)c(C6CC6)c5)c4)c4ccc(Cl)cc4)CC3)C=CN2)cc1C1CCC1. The van der Waals surface area contributed by atoms with E-state index in [4.69, 9.17) is 25.8 Å². The van der Waals surface area contributed by atoms with Crippen LogP contribution in [-0.2, 0) is 13.0 Å². The third kappa shape index (κ3) is 9.56. The van der Waals surface area contributed by atoms with Gasteiger partial charge in [0.25, 0.3) is 0 Å². The van der Waals surface area contributed by atoms with Gasteiger partial charge >= 0.3 is 0 Å². The molecule has 4 aromatic carbocycles. The first kappa shape index (κ1) is 41.8. The van der Waals surface area contributed by atoms with Gasteiger partial charge in [0.05, 0.1) is 27.4 Å². The lowest BCUT2D eigenvalue weighted by molar-refractivity contribution is 0.224. The Bertz CT molecular complexity index is 2040. The molecule has 1 unspecified atom stereocenters. The minimum atomic E-state index is 0.145. The number of nitrogens with one attached hydrogen (secondary N) is 1. The van der Waals surface area contributed by atoms with Crippen molar-refractivity contribution in [2.75, 3.05) is 45.9 Å². The van der Waals surface area contributed by atoms with Gasteiger partial charge < -0.3 is 24.4 Å². The fourth-order valence-electron chi connectivity index (χ4n) is 9.14. The molecule has 4 aromatic rings. The molecule has 1 saturated heterocycles. The second-order valence-electron chi connectivity index (χ2n) is 16.3. The summed E-state index contributed by atoms with van der Waals surface area (Å²) in [5.74, 6) is 3.95. The number of piperidine rings is 1. The van der Waals surface area contributed by atoms with E-state index in [2.05, 4.69) is 101 Å². The van der Waals surface area contributed by atoms with E-state index in [-0.39, 0.29) is 6.04 Å². The Balaban J connectivity index is 0.00000252. The number of dihydropyridines is 1. The first-order chi connectivity index (χ1) is 28.4. The molecule has 2 saturated carbocycles. The van der Waals surface area contributed by atoms with Gasteiger partial charge in [-0.2, -0.15) is 0 Å². The second-order valence-corrected chi connectivity index (χ2v) is 16.7. The zero-order valence-electron chi connectivity index (χ0n) is 35.7. The number of hydrogen-bond donors (Lipinski definition) is 1. The van der Waals surface area contributed by atoms with Gasteiger partial charge in [0.1, 0.15) is 5.75 Å². The summed E-state index contributed by atoms with van der Waals surface area (Å²) < 4.78 is 17.6. The Morgan fingerprint density at radius 1 is 0.776 bits per heavy atom. The molecule has 58 heavy (non-hydrogen) atoms. The van der Waals surface area contributed by atoms with E-state index in [9.17, 15) is 0 Å². The predicted octanol–water partition coefficient (Wildman–Crippen LogP) is 12.4. The van der Waals surface area contributed by atoms with Gasteiger partial charge in [0.15, 0.2) is 11.5 Å². The van der Waals surface area contributed by atoms with Crippen LogP contribution in [0.1, 0.15) is 118 Å². The summed E-state index contributed by atoms with van der Waals surface area (Å²) in [5.41, 5.74) is 11.8. The fraction of sp³-hybridized carbons (Fsp3) is 0.451. The second kappa shape index (κ2) is 19.6. The molecular formula is C51H64ClN3O3. The third-order valence-electron chi connectivity index (χ3n) is 12.5. The molecular weight excluding hydrogens is 738 g/mol. The number of likely N-dealkylation sites (tertiary alicyclic amines) is 1. The summed E-state index contributed by atoms with van der Waals surface area (Å²) in [7, 11) is 5.31. The Hall–Kier alpha value is -4.39. The molecule has 0 aromatic heterocycles. The monoisotopic (exact) mass is 801 g/mol. The molecule has 308 valence electrons. The number of anilines is 1. The van der Waals surface area contributed by atoms with E-state index in [1.165, 1.54) is 82.3 Å². The van der Waals surface area contributed by atoms with Crippen molar-refractivity contribution in [1.29, 1.82) is 0 Å². The maximum atomic E-state index is 6.40. The highest BCUT2D eigenvalue weighted by Crippen LogP contribution is 2.49. The van der Waals surface area contributed by atoms with Crippen LogP contribution >= 0.6 is 11.6 Å². The van der Waals surface area contributed by atoms with Crippen molar-refractivity contribution in [1.82, 2.24) is 10.2 Å². The van der Waals surface area contributed by atoms with Gasteiger partial charge in [-0.1, -0.05) is 75.6 Å². The Morgan fingerprint density at radius 2 is 1.52 bits per heavy atom. The number of methoxy groups -OCH3 is 3. The topological polar surface area (TPSA) is 46.2 Å². The van der Waals surface area contributed by atoms with Crippen LogP contribution in [0.4, 0.5) is 5.69 Å². The molecule has 2 aliphatic carbocycles. The molecule has 3 fully saturated rings. The standard InChI is InChI=1S/C49H58ClN3O3.C2H6/c1-5-8-43-44(35-10-7-11-35)28-39(30-47(43)54-2)46-26-34(19-22-51-46)31-52-23-20-42(21-24-52)53(41-17-15-40(50)16-18-41)32-33-9-6-12-37(25-33)38-27-45(36-13-14-36)49(56-4)48(29-38)55-3;1-2/h6,9,12,15-19,22,25-30,35-36,42,46,51H,5,7-8,10-11,13-14,20-21,23-24,31-32H2,1-4H3;1-2H3. The van der Waals surface area contributed by atoms with E-state index in [1.807, 2.05) is 33.1 Å². The number of halogens is 1. The van der Waals surface area contributed by atoms with E-state index < -0.39 is 0 Å². The first-order valence-corrected chi connectivity index (χ1v) is 22.3. The quantitative estimate of drug-likeness (QED) is 0.129. The van der Waals surface area contributed by atoms with Crippen LogP contribution in [0.2, 0.25) is 5.02 Å².